The normalized spacial score (nSPS) is 11.4. The molecule has 2 N–H and O–H groups in total. The fraction of sp³-hybridized carbons (Fsp3) is 0.143. The minimum absolute atomic E-state index is 0.318. The largest absolute Gasteiger partial charge is 0.502 e. The smallest absolute Gasteiger partial charge is 0.416 e. The molecule has 0 aliphatic heterocycles. The second kappa shape index (κ2) is 7.98. The van der Waals surface area contributed by atoms with Gasteiger partial charge >= 0.3 is 23.7 Å². The van der Waals surface area contributed by atoms with Gasteiger partial charge in [0.2, 0.25) is 0 Å². The van der Waals surface area contributed by atoms with Crippen molar-refractivity contribution >= 4 is 11.4 Å². The van der Waals surface area contributed by atoms with Crippen LogP contribution in [0.5, 0.6) is 11.5 Å². The molecule has 28 heavy (non-hydrogen) atoms. The van der Waals surface area contributed by atoms with Crippen LogP contribution >= 0.6 is 0 Å². The Hall–Kier alpha value is -3.58. The molecule has 0 bridgehead atoms. The van der Waals surface area contributed by atoms with Gasteiger partial charge < -0.3 is 10.2 Å². The predicted octanol–water partition coefficient (Wildman–Crippen LogP) is 4.64. The van der Waals surface area contributed by atoms with E-state index in [0.717, 1.165) is 0 Å². The molecular formula is C14H8F6N2O6. The van der Waals surface area contributed by atoms with E-state index in [1.807, 2.05) is 0 Å². The van der Waals surface area contributed by atoms with Gasteiger partial charge in [0.05, 0.1) is 21.0 Å². The number of hydrogen-bond acceptors (Lipinski definition) is 6. The van der Waals surface area contributed by atoms with Crippen LogP contribution in [0.1, 0.15) is 11.1 Å². The van der Waals surface area contributed by atoms with E-state index in [2.05, 4.69) is 0 Å². The monoisotopic (exact) mass is 414 g/mol. The van der Waals surface area contributed by atoms with Gasteiger partial charge in [0, 0.05) is 12.1 Å². The number of halogens is 6. The van der Waals surface area contributed by atoms with Crippen molar-refractivity contribution in [3.63, 3.8) is 0 Å². The molecular weight excluding hydrogens is 406 g/mol. The van der Waals surface area contributed by atoms with E-state index in [9.17, 15) is 46.6 Å². The number of rotatable bonds is 2. The molecule has 0 aromatic heterocycles. The van der Waals surface area contributed by atoms with Gasteiger partial charge in [-0.25, -0.2) is 0 Å². The van der Waals surface area contributed by atoms with Crippen molar-refractivity contribution in [3.05, 3.63) is 67.8 Å². The van der Waals surface area contributed by atoms with Gasteiger partial charge in [-0.1, -0.05) is 0 Å². The van der Waals surface area contributed by atoms with E-state index in [-0.39, 0.29) is 0 Å². The first-order valence-electron chi connectivity index (χ1n) is 6.73. The summed E-state index contributed by atoms with van der Waals surface area (Å²) in [5.41, 5.74) is -3.75. The van der Waals surface area contributed by atoms with Crippen molar-refractivity contribution in [2.24, 2.45) is 0 Å². The zero-order valence-corrected chi connectivity index (χ0v) is 13.2. The van der Waals surface area contributed by atoms with Crippen molar-refractivity contribution in [1.82, 2.24) is 0 Å². The first kappa shape index (κ1) is 22.5. The molecule has 2 aromatic carbocycles. The Morgan fingerprint density at radius 2 is 0.964 bits per heavy atom. The number of phenols is 2. The average molecular weight is 414 g/mol. The van der Waals surface area contributed by atoms with Crippen LogP contribution in [0.3, 0.4) is 0 Å². The zero-order chi connectivity index (χ0) is 21.9. The fourth-order valence-electron chi connectivity index (χ4n) is 1.71. The van der Waals surface area contributed by atoms with Crippen molar-refractivity contribution in [2.45, 2.75) is 12.4 Å². The maximum Gasteiger partial charge on any atom is 0.416 e. The number of nitro benzene ring substituents is 2. The Morgan fingerprint density at radius 3 is 1.14 bits per heavy atom. The molecule has 0 heterocycles. The minimum Gasteiger partial charge on any atom is -0.502 e. The number of hydrogen-bond donors (Lipinski definition) is 2. The number of alkyl halides is 6. The molecule has 0 atom stereocenters. The highest BCUT2D eigenvalue weighted by Crippen LogP contribution is 2.36. The van der Waals surface area contributed by atoms with Crippen LogP contribution in [0.25, 0.3) is 0 Å². The van der Waals surface area contributed by atoms with Gasteiger partial charge in [0.15, 0.2) is 11.5 Å². The van der Waals surface area contributed by atoms with Crippen LogP contribution in [0.2, 0.25) is 0 Å². The summed E-state index contributed by atoms with van der Waals surface area (Å²) in [6, 6.07) is 2.93. The lowest BCUT2D eigenvalue weighted by atomic mass is 10.2. The van der Waals surface area contributed by atoms with Crippen molar-refractivity contribution in [3.8, 4) is 11.5 Å². The lowest BCUT2D eigenvalue weighted by molar-refractivity contribution is -0.386. The molecule has 0 saturated heterocycles. The Kier molecular flexibility index (Phi) is 6.40. The molecule has 0 aliphatic rings. The van der Waals surface area contributed by atoms with Crippen LogP contribution in [-0.2, 0) is 12.4 Å². The van der Waals surface area contributed by atoms with Gasteiger partial charge in [0.25, 0.3) is 0 Å². The van der Waals surface area contributed by atoms with Crippen LogP contribution in [-0.4, -0.2) is 20.1 Å². The van der Waals surface area contributed by atoms with E-state index < -0.39 is 56.2 Å². The number of nitrogens with zero attached hydrogens (tertiary/aromatic N) is 2. The number of benzene rings is 2. The summed E-state index contributed by atoms with van der Waals surface area (Å²) in [6.07, 6.45) is -9.24. The topological polar surface area (TPSA) is 127 Å². The molecule has 0 amide bonds. The molecule has 8 nitrogen and oxygen atoms in total. The SMILES string of the molecule is O=[N+]([O-])c1ccc(C(F)(F)F)cc1O.O=[N+]([O-])c1ccc(C(F)(F)F)cc1O. The van der Waals surface area contributed by atoms with Gasteiger partial charge in [-0.3, -0.25) is 20.2 Å². The van der Waals surface area contributed by atoms with E-state index in [1.54, 1.807) is 0 Å². The Morgan fingerprint density at radius 1 is 0.679 bits per heavy atom. The fourth-order valence-corrected chi connectivity index (χ4v) is 1.71. The van der Waals surface area contributed by atoms with Gasteiger partial charge in [0.1, 0.15) is 0 Å². The zero-order valence-electron chi connectivity index (χ0n) is 13.2. The second-order valence-corrected chi connectivity index (χ2v) is 4.92. The molecule has 2 rings (SSSR count). The van der Waals surface area contributed by atoms with Crippen LogP contribution in [0.15, 0.2) is 36.4 Å². The van der Waals surface area contributed by atoms with E-state index >= 15 is 0 Å². The third kappa shape index (κ3) is 5.72. The molecule has 0 radical (unpaired) electrons. The van der Waals surface area contributed by atoms with E-state index in [0.29, 0.717) is 36.4 Å². The summed E-state index contributed by atoms with van der Waals surface area (Å²) in [6.45, 7) is 0. The number of nitro groups is 2. The average Bonchev–Trinajstić information content (AvgIpc) is 2.52. The van der Waals surface area contributed by atoms with E-state index in [4.69, 9.17) is 10.2 Å². The lowest BCUT2D eigenvalue weighted by Crippen LogP contribution is -2.04. The number of phenolic OH excluding ortho intramolecular Hbond substituents is 2. The summed E-state index contributed by atoms with van der Waals surface area (Å²) in [7, 11) is 0. The van der Waals surface area contributed by atoms with Gasteiger partial charge in [-0.2, -0.15) is 26.3 Å². The lowest BCUT2D eigenvalue weighted by Gasteiger charge is -2.06. The summed E-state index contributed by atoms with van der Waals surface area (Å²) >= 11 is 0. The highest BCUT2D eigenvalue weighted by atomic mass is 19.4. The van der Waals surface area contributed by atoms with Crippen LogP contribution in [0, 0.1) is 20.2 Å². The summed E-state index contributed by atoms with van der Waals surface area (Å²) in [5, 5.41) is 38.1. The van der Waals surface area contributed by atoms with Gasteiger partial charge in [-0.15, -0.1) is 0 Å². The summed E-state index contributed by atoms with van der Waals surface area (Å²) in [4.78, 5) is 18.4. The maximum atomic E-state index is 12.0. The molecule has 2 aromatic rings. The summed E-state index contributed by atoms with van der Waals surface area (Å²) in [5.74, 6) is -1.99. The standard InChI is InChI=1S/2C7H4F3NO3/c2*8-7(9,10)4-1-2-5(11(13)14)6(12)3-4/h2*1-3,12H. The molecule has 0 unspecified atom stereocenters. The highest BCUT2D eigenvalue weighted by Gasteiger charge is 2.33. The predicted molar refractivity (Wildman–Crippen MR) is 79.5 cm³/mol. The van der Waals surface area contributed by atoms with Crippen molar-refractivity contribution in [1.29, 1.82) is 0 Å². The molecule has 0 fully saturated rings. The van der Waals surface area contributed by atoms with E-state index in [1.165, 1.54) is 0 Å². The van der Waals surface area contributed by atoms with Crippen LogP contribution < -0.4 is 0 Å². The molecule has 0 aliphatic carbocycles. The maximum absolute atomic E-state index is 12.0. The summed E-state index contributed by atoms with van der Waals surface area (Å²) < 4.78 is 72.1. The number of aromatic hydroxyl groups is 2. The van der Waals surface area contributed by atoms with Crippen LogP contribution in [0.4, 0.5) is 37.7 Å². The molecule has 0 saturated carbocycles. The quantitative estimate of drug-likeness (QED) is 0.419. The Balaban J connectivity index is 0.000000280. The molecule has 14 heteroatoms. The second-order valence-electron chi connectivity index (χ2n) is 4.92. The first-order valence-corrected chi connectivity index (χ1v) is 6.73. The Labute approximate surface area is 150 Å². The first-order chi connectivity index (χ1) is 12.6. The van der Waals surface area contributed by atoms with Gasteiger partial charge in [-0.05, 0) is 24.3 Å². The third-order valence-electron chi connectivity index (χ3n) is 3.00. The van der Waals surface area contributed by atoms with Crippen molar-refractivity contribution < 1.29 is 46.4 Å². The third-order valence-corrected chi connectivity index (χ3v) is 3.00. The minimum atomic E-state index is -4.62. The molecule has 152 valence electrons. The highest BCUT2D eigenvalue weighted by molar-refractivity contribution is 5.48. The molecule has 0 spiro atoms. The van der Waals surface area contributed by atoms with Crippen molar-refractivity contribution in [2.75, 3.05) is 0 Å². The Bertz CT molecular complexity index is 823.